The van der Waals surface area contributed by atoms with Crippen molar-refractivity contribution in [1.29, 1.82) is 0 Å². The molecule has 0 aromatic rings. The first kappa shape index (κ1) is 74.2. The number of unbranched alkanes of at least 4 members (excludes halogenated alkanes) is 1. The highest BCUT2D eigenvalue weighted by atomic mass is 32.3. The average Bonchev–Trinajstić information content (AvgIpc) is 3.63. The highest BCUT2D eigenvalue weighted by Gasteiger charge is 2.60. The Bertz CT molecular complexity index is 1520. The monoisotopic (exact) mass is 1100 g/mol. The number of fused-ring (bicyclic) bond motifs is 5. The Hall–Kier alpha value is -2.09. The van der Waals surface area contributed by atoms with E-state index in [2.05, 4.69) is 42.4 Å². The van der Waals surface area contributed by atoms with E-state index in [-0.39, 0.29) is 5.92 Å². The summed E-state index contributed by atoms with van der Waals surface area (Å²) in [5.41, 5.74) is 6.48. The number of hydrogen-bond acceptors (Lipinski definition) is 11. The summed E-state index contributed by atoms with van der Waals surface area (Å²) in [4.78, 5) is 27.1. The number of halogens is 8. The molecule has 24 heteroatoms. The van der Waals surface area contributed by atoms with E-state index in [4.69, 9.17) is 34.8 Å². The van der Waals surface area contributed by atoms with Gasteiger partial charge in [-0.1, -0.05) is 61.8 Å². The molecule has 9 N–H and O–H groups in total. The molecule has 4 aliphatic carbocycles. The van der Waals surface area contributed by atoms with Crippen LogP contribution >= 0.6 is 12.6 Å². The molecule has 0 bridgehead atoms. The third-order valence-corrected chi connectivity index (χ3v) is 14.7. The van der Waals surface area contributed by atoms with Crippen LogP contribution in [0, 0.1) is 46.3 Å². The molecule has 0 aromatic heterocycles. The second kappa shape index (κ2) is 36.8. The molecule has 8 unspecified atom stereocenters. The number of alkyl halides is 8. The minimum atomic E-state index is -5.08. The summed E-state index contributed by atoms with van der Waals surface area (Å²) >= 11 is 3.53. The summed E-state index contributed by atoms with van der Waals surface area (Å²) in [6.07, 6.45) is 11.1. The maximum atomic E-state index is 11.3. The Morgan fingerprint density at radius 1 is 0.694 bits per heavy atom. The molecule has 4 saturated carbocycles. The van der Waals surface area contributed by atoms with Crippen molar-refractivity contribution in [1.82, 2.24) is 16.0 Å². The zero-order valence-corrected chi connectivity index (χ0v) is 46.1. The normalized spacial score (nSPS) is 25.8. The van der Waals surface area contributed by atoms with Crippen LogP contribution < -0.4 is 21.7 Å². The predicted molar refractivity (Wildman–Crippen MR) is 269 cm³/mol. The Kier molecular flexibility index (Phi) is 37.9. The Balaban J connectivity index is -0.00000145. The van der Waals surface area contributed by atoms with Gasteiger partial charge in [0.1, 0.15) is 0 Å². The molecular weight excluding hydrogens is 1010 g/mol. The van der Waals surface area contributed by atoms with Gasteiger partial charge in [0.2, 0.25) is 0 Å². The number of hydrogen-bond donors (Lipinski definition) is 9. The zero-order valence-electron chi connectivity index (χ0n) is 44.4. The van der Waals surface area contributed by atoms with Crippen molar-refractivity contribution in [3.63, 3.8) is 0 Å². The van der Waals surface area contributed by atoms with E-state index in [1.54, 1.807) is 6.26 Å². The highest BCUT2D eigenvalue weighted by molar-refractivity contribution is 7.80. The lowest BCUT2D eigenvalue weighted by atomic mass is 9.44. The van der Waals surface area contributed by atoms with Crippen LogP contribution in [0.3, 0.4) is 0 Å². The number of nitrogens with one attached hydrogen (secondary N) is 3. The molecule has 0 heterocycles. The molecule has 72 heavy (non-hydrogen) atoms. The summed E-state index contributed by atoms with van der Waals surface area (Å²) in [7, 11) is -4.41. The second-order valence-electron chi connectivity index (χ2n) is 19.1. The van der Waals surface area contributed by atoms with Crippen molar-refractivity contribution in [2.45, 2.75) is 195 Å². The van der Waals surface area contributed by atoms with Crippen LogP contribution in [-0.4, -0.2) is 122 Å². The first-order valence-corrected chi connectivity index (χ1v) is 27.7. The van der Waals surface area contributed by atoms with Gasteiger partial charge in [-0.25, -0.2) is 18.6 Å². The van der Waals surface area contributed by atoms with Crippen LogP contribution in [0.4, 0.5) is 35.1 Å². The van der Waals surface area contributed by atoms with Crippen molar-refractivity contribution in [3.05, 3.63) is 0 Å². The molecule has 432 valence electrons. The largest absolute Gasteiger partial charge is 0.490 e. The van der Waals surface area contributed by atoms with Crippen molar-refractivity contribution in [2.24, 2.45) is 52.1 Å². The van der Waals surface area contributed by atoms with E-state index >= 15 is 0 Å². The number of rotatable bonds is 21. The average molecular weight is 1100 g/mol. The van der Waals surface area contributed by atoms with Gasteiger partial charge in [0, 0.05) is 13.0 Å². The molecule has 0 saturated heterocycles. The number of carboxylic acids is 3. The van der Waals surface area contributed by atoms with Gasteiger partial charge in [0.05, 0.1) is 6.10 Å². The fraction of sp³-hybridized carbons (Fsp3) is 0.938. The van der Waals surface area contributed by atoms with E-state index in [1.165, 1.54) is 77.0 Å². The van der Waals surface area contributed by atoms with Crippen LogP contribution in [0.1, 0.15) is 165 Å². The third kappa shape index (κ3) is 28.7. The van der Waals surface area contributed by atoms with Crippen molar-refractivity contribution >= 4 is 40.9 Å². The van der Waals surface area contributed by atoms with Crippen LogP contribution in [0.2, 0.25) is 0 Å². The molecule has 0 radical (unpaired) electrons. The van der Waals surface area contributed by atoms with E-state index in [9.17, 15) is 52.9 Å². The molecule has 14 nitrogen and oxygen atoms in total. The zero-order chi connectivity index (χ0) is 56.7. The number of aliphatic carboxylic acids is 3. The maximum Gasteiger partial charge on any atom is 0.490 e. The topological polar surface area (TPSA) is 238 Å². The van der Waals surface area contributed by atoms with E-state index in [0.29, 0.717) is 30.2 Å². The van der Waals surface area contributed by atoms with Gasteiger partial charge in [0.25, 0.3) is 0 Å². The molecular formula is C48H92F8N4O10S2. The van der Waals surface area contributed by atoms with Gasteiger partial charge < -0.3 is 37.0 Å². The van der Waals surface area contributed by atoms with Crippen molar-refractivity contribution in [3.8, 4) is 0 Å². The SMILES string of the molecule is CC.CC.CC(C)C(CCCC1CCC2C3CC[C@H]4CC(NCCCNCCCCNCCCN)CCC4(C)C3CCC12C)OS(=O)(=O)O.CC(F)(F)C(=O)O.CS.O=C(O)C(F)(F)F.O=C(O)C(F)(F)F. The quantitative estimate of drug-likeness (QED) is 0.0225. The van der Waals surface area contributed by atoms with Crippen LogP contribution in [-0.2, 0) is 29.0 Å². The van der Waals surface area contributed by atoms with Gasteiger partial charge in [-0.05, 0) is 188 Å². The van der Waals surface area contributed by atoms with Gasteiger partial charge in [-0.15, -0.1) is 0 Å². The second-order valence-corrected chi connectivity index (χ2v) is 20.2. The number of thiol groups is 1. The summed E-state index contributed by atoms with van der Waals surface area (Å²) in [5.74, 6) is -6.89. The number of carbonyl (C=O) groups is 3. The smallest absolute Gasteiger partial charge is 0.477 e. The molecule has 4 rings (SSSR count). The predicted octanol–water partition coefficient (Wildman–Crippen LogP) is 10.9. The first-order valence-electron chi connectivity index (χ1n) is 25.5. The molecule has 0 aliphatic heterocycles. The third-order valence-electron chi connectivity index (χ3n) is 14.2. The number of nitrogens with two attached hydrogens (primary N) is 1. The lowest BCUT2D eigenvalue weighted by molar-refractivity contribution is -0.193. The first-order chi connectivity index (χ1) is 33.3. The molecule has 4 fully saturated rings. The summed E-state index contributed by atoms with van der Waals surface area (Å²) in [5, 5.41) is 32.8. The molecule has 9 atom stereocenters. The molecule has 4 aliphatic rings. The van der Waals surface area contributed by atoms with Gasteiger partial charge in [0.15, 0.2) is 0 Å². The molecule has 0 spiro atoms. The minimum Gasteiger partial charge on any atom is -0.477 e. The van der Waals surface area contributed by atoms with Crippen molar-refractivity contribution < 1.29 is 82.0 Å². The van der Waals surface area contributed by atoms with E-state index in [0.717, 1.165) is 88.1 Å². The van der Waals surface area contributed by atoms with E-state index in [1.807, 2.05) is 41.5 Å². The maximum absolute atomic E-state index is 11.3. The Morgan fingerprint density at radius 2 is 1.14 bits per heavy atom. The Morgan fingerprint density at radius 3 is 1.57 bits per heavy atom. The van der Waals surface area contributed by atoms with Crippen molar-refractivity contribution in [2.75, 3.05) is 45.5 Å². The van der Waals surface area contributed by atoms with Crippen LogP contribution in [0.5, 0.6) is 0 Å². The number of carboxylic acid groups (broad SMARTS) is 3. The van der Waals surface area contributed by atoms with Crippen LogP contribution in [0.15, 0.2) is 0 Å². The summed E-state index contributed by atoms with van der Waals surface area (Å²) < 4.78 is 123. The lowest BCUT2D eigenvalue weighted by Gasteiger charge is -2.61. The lowest BCUT2D eigenvalue weighted by Crippen LogP contribution is -2.55. The Labute approximate surface area is 430 Å². The molecule has 0 aromatic carbocycles. The van der Waals surface area contributed by atoms with E-state index < -0.39 is 52.7 Å². The van der Waals surface area contributed by atoms with Crippen LogP contribution in [0.25, 0.3) is 0 Å². The molecule has 0 amide bonds. The summed E-state index contributed by atoms with van der Waals surface area (Å²) in [6, 6.07) is 0.698. The van der Waals surface area contributed by atoms with Gasteiger partial charge >= 0.3 is 46.6 Å². The highest BCUT2D eigenvalue weighted by Crippen LogP contribution is 2.68. The fourth-order valence-corrected chi connectivity index (χ4v) is 11.4. The van der Waals surface area contributed by atoms with Gasteiger partial charge in [-0.3, -0.25) is 4.55 Å². The summed E-state index contributed by atoms with van der Waals surface area (Å²) in [6.45, 7) is 23.8. The minimum absolute atomic E-state index is 0.0624. The van der Waals surface area contributed by atoms with Gasteiger partial charge in [-0.2, -0.15) is 56.2 Å². The standard InChI is InChI=1S/C36H70N4O4S.C3H4F2O2.2C2HF3O2.2C2H6.CH4S/c1-27(2)34(44-45(41,42)43)11-7-10-28-13-15-32-31-14-12-29-26-30(16-18-36(29,4)33(31)17-19-35(28,32)3)40-25-9-24-39-22-6-5-21-38-23-8-20-37;1-3(4,5)2(6)7;2*3-2(4,5)1(6)7;3*1-2/h27-34,38-40H,5-26,37H2,1-4H3,(H,41,42,43);1H3,(H,6,7);2*(H,6,7);2*1-2H3;2H,1H3/t28?,29-,30?,31?,32?,33?,34?,35?,36?;;;;;;/m0....../s1. The fourth-order valence-electron chi connectivity index (χ4n) is 10.7.